The van der Waals surface area contributed by atoms with E-state index in [-0.39, 0.29) is 17.7 Å². The second-order valence-corrected chi connectivity index (χ2v) is 6.32. The lowest BCUT2D eigenvalue weighted by Gasteiger charge is -2.36. The molecule has 0 aliphatic carbocycles. The van der Waals surface area contributed by atoms with Crippen molar-refractivity contribution < 1.29 is 14.3 Å². The summed E-state index contributed by atoms with van der Waals surface area (Å²) in [4.78, 5) is 28.8. The fourth-order valence-electron chi connectivity index (χ4n) is 3.22. The molecular weight excluding hydrogens is 304 g/mol. The Morgan fingerprint density at radius 3 is 2.17 bits per heavy atom. The number of piperazine rings is 1. The quantitative estimate of drug-likeness (QED) is 0.833. The smallest absolute Gasteiger partial charge is 0.253 e. The van der Waals surface area contributed by atoms with Crippen LogP contribution < -0.4 is 4.74 Å². The van der Waals surface area contributed by atoms with Crippen molar-refractivity contribution in [2.24, 2.45) is 5.92 Å². The predicted octanol–water partition coefficient (Wildman–Crippen LogP) is 2.72. The van der Waals surface area contributed by atoms with Gasteiger partial charge in [-0.15, -0.1) is 0 Å². The number of ether oxygens (including phenoxy) is 1. The number of amides is 2. The van der Waals surface area contributed by atoms with Gasteiger partial charge in [-0.2, -0.15) is 0 Å². The van der Waals surface area contributed by atoms with Crippen molar-refractivity contribution in [3.05, 3.63) is 29.3 Å². The van der Waals surface area contributed by atoms with Gasteiger partial charge in [-0.05, 0) is 43.5 Å². The van der Waals surface area contributed by atoms with E-state index in [0.717, 1.165) is 24.2 Å². The summed E-state index contributed by atoms with van der Waals surface area (Å²) in [7, 11) is 1.62. The molecule has 2 amide bonds. The van der Waals surface area contributed by atoms with Crippen LogP contribution in [0.25, 0.3) is 0 Å². The van der Waals surface area contributed by atoms with Gasteiger partial charge in [0.1, 0.15) is 5.75 Å². The summed E-state index contributed by atoms with van der Waals surface area (Å²) in [5.74, 6) is 1.14. The number of methoxy groups -OCH3 is 1. The SMILES string of the molecule is CCC(CC)C(=O)N1CCN(C(=O)c2ccc(OC)c(C)c2)CC1. The molecule has 0 radical (unpaired) electrons. The van der Waals surface area contributed by atoms with Crippen molar-refractivity contribution in [1.82, 2.24) is 9.80 Å². The van der Waals surface area contributed by atoms with Crippen molar-refractivity contribution in [3.8, 4) is 5.75 Å². The highest BCUT2D eigenvalue weighted by molar-refractivity contribution is 5.94. The minimum atomic E-state index is 0.0235. The van der Waals surface area contributed by atoms with Crippen LogP contribution in [0.1, 0.15) is 42.6 Å². The molecule has 0 N–H and O–H groups in total. The lowest BCUT2D eigenvalue weighted by Crippen LogP contribution is -2.51. The Morgan fingerprint density at radius 1 is 1.08 bits per heavy atom. The average molecular weight is 332 g/mol. The molecule has 1 heterocycles. The zero-order valence-electron chi connectivity index (χ0n) is 15.2. The van der Waals surface area contributed by atoms with Gasteiger partial charge in [0.15, 0.2) is 0 Å². The van der Waals surface area contributed by atoms with Crippen LogP contribution >= 0.6 is 0 Å². The van der Waals surface area contributed by atoms with E-state index in [2.05, 4.69) is 13.8 Å². The largest absolute Gasteiger partial charge is 0.496 e. The van der Waals surface area contributed by atoms with E-state index in [0.29, 0.717) is 31.7 Å². The van der Waals surface area contributed by atoms with Crippen LogP contribution in [-0.4, -0.2) is 54.9 Å². The van der Waals surface area contributed by atoms with Crippen LogP contribution in [0.4, 0.5) is 0 Å². The van der Waals surface area contributed by atoms with E-state index in [1.165, 1.54) is 0 Å². The monoisotopic (exact) mass is 332 g/mol. The second-order valence-electron chi connectivity index (χ2n) is 6.32. The molecule has 0 spiro atoms. The van der Waals surface area contributed by atoms with Crippen LogP contribution in [0.3, 0.4) is 0 Å². The number of hydrogen-bond acceptors (Lipinski definition) is 3. The topological polar surface area (TPSA) is 49.9 Å². The number of carbonyl (C=O) groups is 2. The molecule has 1 aliphatic rings. The number of benzene rings is 1. The standard InChI is InChI=1S/C19H28N2O3/c1-5-15(6-2)18(22)20-9-11-21(12-10-20)19(23)16-7-8-17(24-4)14(3)13-16/h7-8,13,15H,5-6,9-12H2,1-4H3. The van der Waals surface area contributed by atoms with Crippen LogP contribution in [0.2, 0.25) is 0 Å². The summed E-state index contributed by atoms with van der Waals surface area (Å²) in [6, 6.07) is 5.49. The number of rotatable bonds is 5. The second kappa shape index (κ2) is 8.18. The normalized spacial score (nSPS) is 14.9. The number of aryl methyl sites for hydroxylation is 1. The molecule has 0 bridgehead atoms. The molecule has 1 fully saturated rings. The minimum absolute atomic E-state index is 0.0235. The summed E-state index contributed by atoms with van der Waals surface area (Å²) in [5.41, 5.74) is 1.62. The highest BCUT2D eigenvalue weighted by Gasteiger charge is 2.27. The third-order valence-corrected chi connectivity index (χ3v) is 4.86. The third kappa shape index (κ3) is 3.89. The zero-order chi connectivity index (χ0) is 17.7. The third-order valence-electron chi connectivity index (χ3n) is 4.86. The highest BCUT2D eigenvalue weighted by Crippen LogP contribution is 2.20. The van der Waals surface area contributed by atoms with Gasteiger partial charge in [0.2, 0.25) is 5.91 Å². The first-order valence-electron chi connectivity index (χ1n) is 8.74. The zero-order valence-corrected chi connectivity index (χ0v) is 15.2. The van der Waals surface area contributed by atoms with Crippen molar-refractivity contribution in [1.29, 1.82) is 0 Å². The van der Waals surface area contributed by atoms with Crippen LogP contribution in [0.5, 0.6) is 5.75 Å². The first-order valence-corrected chi connectivity index (χ1v) is 8.74. The van der Waals surface area contributed by atoms with Crippen LogP contribution in [0, 0.1) is 12.8 Å². The van der Waals surface area contributed by atoms with Gasteiger partial charge in [0.05, 0.1) is 7.11 Å². The van der Waals surface area contributed by atoms with Gasteiger partial charge >= 0.3 is 0 Å². The first-order chi connectivity index (χ1) is 11.5. The molecule has 1 aliphatic heterocycles. The van der Waals surface area contributed by atoms with Gasteiger partial charge in [0, 0.05) is 37.7 Å². The number of carbonyl (C=O) groups excluding carboxylic acids is 2. The van der Waals surface area contributed by atoms with Gasteiger partial charge in [-0.25, -0.2) is 0 Å². The fraction of sp³-hybridized carbons (Fsp3) is 0.579. The Labute approximate surface area is 144 Å². The fourth-order valence-corrected chi connectivity index (χ4v) is 3.22. The van der Waals surface area contributed by atoms with Crippen LogP contribution in [0.15, 0.2) is 18.2 Å². The van der Waals surface area contributed by atoms with Crippen molar-refractivity contribution >= 4 is 11.8 Å². The average Bonchev–Trinajstić information content (AvgIpc) is 2.62. The highest BCUT2D eigenvalue weighted by atomic mass is 16.5. The maximum Gasteiger partial charge on any atom is 0.253 e. The number of hydrogen-bond donors (Lipinski definition) is 0. The molecule has 5 heteroatoms. The summed E-state index contributed by atoms with van der Waals surface area (Å²) in [5, 5.41) is 0. The van der Waals surface area contributed by atoms with E-state index in [1.807, 2.05) is 28.9 Å². The van der Waals surface area contributed by atoms with Gasteiger partial charge in [-0.1, -0.05) is 13.8 Å². The molecule has 132 valence electrons. The molecule has 24 heavy (non-hydrogen) atoms. The van der Waals surface area contributed by atoms with Crippen molar-refractivity contribution in [2.45, 2.75) is 33.6 Å². The first kappa shape index (κ1) is 18.3. The Hall–Kier alpha value is -2.04. The van der Waals surface area contributed by atoms with Gasteiger partial charge in [-0.3, -0.25) is 9.59 Å². The summed E-state index contributed by atoms with van der Waals surface area (Å²) in [6.07, 6.45) is 1.75. The van der Waals surface area contributed by atoms with Crippen molar-refractivity contribution in [3.63, 3.8) is 0 Å². The van der Waals surface area contributed by atoms with Crippen molar-refractivity contribution in [2.75, 3.05) is 33.3 Å². The summed E-state index contributed by atoms with van der Waals surface area (Å²) >= 11 is 0. The molecular formula is C19H28N2O3. The molecule has 2 rings (SSSR count). The molecule has 5 nitrogen and oxygen atoms in total. The van der Waals surface area contributed by atoms with E-state index < -0.39 is 0 Å². The molecule has 1 aromatic rings. The molecule has 0 saturated carbocycles. The van der Waals surface area contributed by atoms with E-state index in [1.54, 1.807) is 13.2 Å². The molecule has 0 atom stereocenters. The van der Waals surface area contributed by atoms with Gasteiger partial charge in [0.25, 0.3) is 5.91 Å². The molecule has 0 unspecified atom stereocenters. The Bertz CT molecular complexity index is 588. The Kier molecular flexibility index (Phi) is 6.23. The molecule has 0 aromatic heterocycles. The summed E-state index contributed by atoms with van der Waals surface area (Å²) in [6.45, 7) is 8.47. The lowest BCUT2D eigenvalue weighted by atomic mass is 10.0. The van der Waals surface area contributed by atoms with E-state index in [9.17, 15) is 9.59 Å². The lowest BCUT2D eigenvalue weighted by molar-refractivity contribution is -0.137. The Balaban J connectivity index is 1.98. The minimum Gasteiger partial charge on any atom is -0.496 e. The maximum absolute atomic E-state index is 12.7. The summed E-state index contributed by atoms with van der Waals surface area (Å²) < 4.78 is 5.24. The van der Waals surface area contributed by atoms with Gasteiger partial charge < -0.3 is 14.5 Å². The number of nitrogens with zero attached hydrogens (tertiary/aromatic N) is 2. The maximum atomic E-state index is 12.7. The Morgan fingerprint density at radius 2 is 1.67 bits per heavy atom. The van der Waals surface area contributed by atoms with E-state index in [4.69, 9.17) is 4.74 Å². The van der Waals surface area contributed by atoms with E-state index >= 15 is 0 Å². The molecule has 1 aromatic carbocycles. The van der Waals surface area contributed by atoms with Crippen LogP contribution in [-0.2, 0) is 4.79 Å². The molecule has 1 saturated heterocycles. The predicted molar refractivity (Wildman–Crippen MR) is 94.3 cm³/mol.